The lowest BCUT2D eigenvalue weighted by Crippen LogP contribution is -1.89. The highest BCUT2D eigenvalue weighted by Crippen LogP contribution is 2.27. The summed E-state index contributed by atoms with van der Waals surface area (Å²) < 4.78 is 13.6. The number of hydrogen-bond donors (Lipinski definition) is 0. The number of halogens is 2. The molecule has 2 aromatic rings. The lowest BCUT2D eigenvalue weighted by molar-refractivity contribution is 0.631. The molecule has 0 N–H and O–H groups in total. The average molecular weight is 249 g/mol. The Morgan fingerprint density at radius 3 is 2.29 bits per heavy atom. The van der Waals surface area contributed by atoms with Gasteiger partial charge in [0.1, 0.15) is 5.82 Å². The van der Waals surface area contributed by atoms with Gasteiger partial charge in [-0.2, -0.15) is 0 Å². The molecule has 0 aliphatic carbocycles. The minimum Gasteiger partial charge on any atom is -0.206 e. The SMILES string of the molecule is CC[C@H](Cl)c1ccc(-c2ccccc2F)cc1. The van der Waals surface area contributed by atoms with Crippen LogP contribution in [0, 0.1) is 5.82 Å². The first-order valence-corrected chi connectivity index (χ1v) is 6.15. The van der Waals surface area contributed by atoms with Crippen LogP contribution in [0.1, 0.15) is 24.3 Å². The summed E-state index contributed by atoms with van der Waals surface area (Å²) in [5.74, 6) is -0.196. The van der Waals surface area contributed by atoms with Crippen LogP contribution in [0.5, 0.6) is 0 Å². The largest absolute Gasteiger partial charge is 0.206 e. The third-order valence-electron chi connectivity index (χ3n) is 2.82. The summed E-state index contributed by atoms with van der Waals surface area (Å²) in [4.78, 5) is 0. The van der Waals surface area contributed by atoms with Crippen molar-refractivity contribution in [3.8, 4) is 11.1 Å². The molecule has 0 bridgehead atoms. The van der Waals surface area contributed by atoms with E-state index in [9.17, 15) is 4.39 Å². The number of alkyl halides is 1. The fourth-order valence-corrected chi connectivity index (χ4v) is 1.95. The Morgan fingerprint density at radius 1 is 1.06 bits per heavy atom. The molecule has 0 fully saturated rings. The fourth-order valence-electron chi connectivity index (χ4n) is 1.80. The molecule has 2 rings (SSSR count). The first-order valence-electron chi connectivity index (χ1n) is 5.71. The van der Waals surface area contributed by atoms with Crippen LogP contribution in [-0.4, -0.2) is 0 Å². The van der Waals surface area contributed by atoms with Crippen LogP contribution >= 0.6 is 11.6 Å². The first kappa shape index (κ1) is 12.1. The van der Waals surface area contributed by atoms with E-state index in [0.717, 1.165) is 17.5 Å². The van der Waals surface area contributed by atoms with Crippen LogP contribution in [0.4, 0.5) is 4.39 Å². The quantitative estimate of drug-likeness (QED) is 0.657. The highest BCUT2D eigenvalue weighted by Gasteiger charge is 2.07. The van der Waals surface area contributed by atoms with Gasteiger partial charge in [-0.25, -0.2) is 4.39 Å². The van der Waals surface area contributed by atoms with Gasteiger partial charge in [-0.15, -0.1) is 11.6 Å². The van der Waals surface area contributed by atoms with Gasteiger partial charge in [0.2, 0.25) is 0 Å². The second-order valence-electron chi connectivity index (χ2n) is 3.98. The van der Waals surface area contributed by atoms with Crippen LogP contribution in [0.15, 0.2) is 48.5 Å². The van der Waals surface area contributed by atoms with Crippen molar-refractivity contribution in [1.82, 2.24) is 0 Å². The molecule has 1 atom stereocenters. The topological polar surface area (TPSA) is 0 Å². The maximum atomic E-state index is 13.6. The molecular weight excluding hydrogens is 235 g/mol. The van der Waals surface area contributed by atoms with Crippen molar-refractivity contribution in [1.29, 1.82) is 0 Å². The second kappa shape index (κ2) is 5.33. The van der Waals surface area contributed by atoms with Crippen LogP contribution in [0.25, 0.3) is 11.1 Å². The predicted molar refractivity (Wildman–Crippen MR) is 70.7 cm³/mol. The van der Waals surface area contributed by atoms with Crippen molar-refractivity contribution in [3.63, 3.8) is 0 Å². The molecule has 0 unspecified atom stereocenters. The summed E-state index contributed by atoms with van der Waals surface area (Å²) in [5, 5.41) is 0.0321. The molecule has 17 heavy (non-hydrogen) atoms. The molecule has 0 radical (unpaired) electrons. The average Bonchev–Trinajstić information content (AvgIpc) is 2.39. The van der Waals surface area contributed by atoms with Crippen molar-refractivity contribution in [2.24, 2.45) is 0 Å². The Hall–Kier alpha value is -1.34. The molecule has 0 aliphatic rings. The maximum absolute atomic E-state index is 13.6. The predicted octanol–water partition coefficient (Wildman–Crippen LogP) is 5.18. The van der Waals surface area contributed by atoms with Crippen molar-refractivity contribution in [3.05, 3.63) is 59.9 Å². The minimum atomic E-state index is -0.196. The Bertz CT molecular complexity index is 491. The lowest BCUT2D eigenvalue weighted by Gasteiger charge is -2.08. The van der Waals surface area contributed by atoms with Gasteiger partial charge in [-0.1, -0.05) is 49.4 Å². The van der Waals surface area contributed by atoms with E-state index < -0.39 is 0 Å². The van der Waals surface area contributed by atoms with Crippen molar-refractivity contribution >= 4 is 11.6 Å². The number of hydrogen-bond acceptors (Lipinski definition) is 0. The second-order valence-corrected chi connectivity index (χ2v) is 4.50. The Balaban J connectivity index is 2.33. The molecule has 0 saturated heterocycles. The molecule has 0 aliphatic heterocycles. The molecule has 0 aromatic heterocycles. The van der Waals surface area contributed by atoms with Gasteiger partial charge in [0.05, 0.1) is 5.38 Å². The molecule has 0 spiro atoms. The zero-order valence-corrected chi connectivity index (χ0v) is 10.4. The Morgan fingerprint density at radius 2 is 1.71 bits per heavy atom. The summed E-state index contributed by atoms with van der Waals surface area (Å²) in [7, 11) is 0. The number of benzene rings is 2. The van der Waals surface area contributed by atoms with Crippen molar-refractivity contribution in [2.45, 2.75) is 18.7 Å². The van der Waals surface area contributed by atoms with Crippen molar-refractivity contribution < 1.29 is 4.39 Å². The van der Waals surface area contributed by atoms with E-state index in [1.807, 2.05) is 37.3 Å². The molecular formula is C15H14ClF. The summed E-state index contributed by atoms with van der Waals surface area (Å²) in [6.45, 7) is 2.04. The molecule has 88 valence electrons. The molecule has 0 amide bonds. The van der Waals surface area contributed by atoms with Crippen LogP contribution in [0.3, 0.4) is 0 Å². The van der Waals surface area contributed by atoms with Gasteiger partial charge >= 0.3 is 0 Å². The smallest absolute Gasteiger partial charge is 0.131 e. The zero-order valence-electron chi connectivity index (χ0n) is 9.66. The van der Waals surface area contributed by atoms with Crippen LogP contribution in [-0.2, 0) is 0 Å². The number of rotatable bonds is 3. The van der Waals surface area contributed by atoms with E-state index >= 15 is 0 Å². The standard InChI is InChI=1S/C15H14ClF/c1-2-14(16)12-9-7-11(8-10-12)13-5-3-4-6-15(13)17/h3-10,14H,2H2,1H3/t14-/m0/s1. The minimum absolute atomic E-state index is 0.0321. The van der Waals surface area contributed by atoms with E-state index in [1.54, 1.807) is 12.1 Å². The van der Waals surface area contributed by atoms with E-state index in [0.29, 0.717) is 5.56 Å². The Kier molecular flexibility index (Phi) is 3.80. The summed E-state index contributed by atoms with van der Waals surface area (Å²) in [5.41, 5.74) is 2.59. The third kappa shape index (κ3) is 2.67. The molecule has 2 aromatic carbocycles. The molecule has 0 heterocycles. The van der Waals surface area contributed by atoms with E-state index in [-0.39, 0.29) is 11.2 Å². The Labute approximate surface area is 106 Å². The normalized spacial score (nSPS) is 12.4. The summed E-state index contributed by atoms with van der Waals surface area (Å²) in [6.07, 6.45) is 0.889. The lowest BCUT2D eigenvalue weighted by atomic mass is 10.0. The van der Waals surface area contributed by atoms with E-state index in [1.165, 1.54) is 6.07 Å². The third-order valence-corrected chi connectivity index (χ3v) is 3.38. The van der Waals surface area contributed by atoms with Gasteiger partial charge in [0.25, 0.3) is 0 Å². The van der Waals surface area contributed by atoms with Crippen LogP contribution < -0.4 is 0 Å². The van der Waals surface area contributed by atoms with E-state index in [2.05, 4.69) is 0 Å². The maximum Gasteiger partial charge on any atom is 0.131 e. The zero-order chi connectivity index (χ0) is 12.3. The molecule has 2 heteroatoms. The summed E-state index contributed by atoms with van der Waals surface area (Å²) >= 11 is 6.15. The van der Waals surface area contributed by atoms with Crippen LogP contribution in [0.2, 0.25) is 0 Å². The highest BCUT2D eigenvalue weighted by molar-refractivity contribution is 6.20. The van der Waals surface area contributed by atoms with E-state index in [4.69, 9.17) is 11.6 Å². The van der Waals surface area contributed by atoms with Gasteiger partial charge in [0.15, 0.2) is 0 Å². The monoisotopic (exact) mass is 248 g/mol. The van der Waals surface area contributed by atoms with Gasteiger partial charge in [0, 0.05) is 5.56 Å². The molecule has 0 nitrogen and oxygen atoms in total. The van der Waals surface area contributed by atoms with Gasteiger partial charge in [-0.3, -0.25) is 0 Å². The van der Waals surface area contributed by atoms with Crippen molar-refractivity contribution in [2.75, 3.05) is 0 Å². The highest BCUT2D eigenvalue weighted by atomic mass is 35.5. The first-order chi connectivity index (χ1) is 8.22. The van der Waals surface area contributed by atoms with Gasteiger partial charge < -0.3 is 0 Å². The molecule has 0 saturated carbocycles. The summed E-state index contributed by atoms with van der Waals surface area (Å²) in [6, 6.07) is 14.5. The fraction of sp³-hybridized carbons (Fsp3) is 0.200. The van der Waals surface area contributed by atoms with Gasteiger partial charge in [-0.05, 0) is 23.6 Å².